The van der Waals surface area contributed by atoms with Gasteiger partial charge in [0, 0.05) is 38.3 Å². The zero-order valence-electron chi connectivity index (χ0n) is 27.7. The van der Waals surface area contributed by atoms with Gasteiger partial charge in [0.2, 0.25) is 11.8 Å². The predicted molar refractivity (Wildman–Crippen MR) is 191 cm³/mol. The fraction of sp³-hybridized carbons (Fsp3) is 0.316. The first-order valence-corrected chi connectivity index (χ1v) is 17.1. The van der Waals surface area contributed by atoms with E-state index in [0.717, 1.165) is 10.6 Å². The largest absolute Gasteiger partial charge is 0.507 e. The first kappa shape index (κ1) is 33.7. The summed E-state index contributed by atoms with van der Waals surface area (Å²) >= 11 is 14.5. The lowest BCUT2D eigenvalue weighted by molar-refractivity contribution is -0.138. The molecule has 1 saturated carbocycles. The van der Waals surface area contributed by atoms with Crippen molar-refractivity contribution in [1.29, 1.82) is 0 Å². The number of allylic oxidation sites excluding steroid dienone is 3. The number of amides is 4. The van der Waals surface area contributed by atoms with Gasteiger partial charge < -0.3 is 10.0 Å². The molecule has 6 atom stereocenters. The van der Waals surface area contributed by atoms with Crippen LogP contribution in [0.3, 0.4) is 0 Å². The summed E-state index contributed by atoms with van der Waals surface area (Å²) in [7, 11) is 5.24. The number of rotatable bonds is 7. The Kier molecular flexibility index (Phi) is 8.22. The molecule has 50 heavy (non-hydrogen) atoms. The topological polar surface area (TPSA) is 123 Å². The standard InChI is InChI=1S/C38H35Cl2N5O5/c1-5-7-21-8-6-9-28(32(21)46)31-26-18-19-27-30(29(26)20-37(39)35(49)44(4)36(50)38(31,37)40)34(48)45(33(27)47)25-16-12-23(13-17-25)42-41-22-10-14-24(15-11-22)43(2)3/h5-6,8-18,27,29-31,46H,1,7,19-20H2,2-4H3/t27-,29+,30-,31+,37+,38-/m0/s1. The first-order chi connectivity index (χ1) is 23.8. The normalized spacial score (nSPS) is 28.9. The minimum absolute atomic E-state index is 0.0896. The van der Waals surface area contributed by atoms with E-state index in [1.165, 1.54) is 11.9 Å². The molecule has 2 aliphatic heterocycles. The van der Waals surface area contributed by atoms with Gasteiger partial charge in [0.25, 0.3) is 11.8 Å². The molecule has 256 valence electrons. The van der Waals surface area contributed by atoms with Crippen LogP contribution >= 0.6 is 23.2 Å². The molecule has 0 unspecified atom stereocenters. The van der Waals surface area contributed by atoms with Crippen LogP contribution in [-0.4, -0.2) is 64.5 Å². The van der Waals surface area contributed by atoms with Crippen molar-refractivity contribution in [2.24, 2.45) is 28.0 Å². The minimum atomic E-state index is -1.98. The van der Waals surface area contributed by atoms with E-state index in [9.17, 15) is 24.3 Å². The van der Waals surface area contributed by atoms with Gasteiger partial charge >= 0.3 is 0 Å². The number of halogens is 2. The lowest BCUT2D eigenvalue weighted by atomic mass is 9.56. The SMILES string of the molecule is C=CCc1cccc([C@H]2C3=CC[C@@H]4C(=O)N(c5ccc(N=Nc6ccc(N(C)C)cc6)cc5)C(=O)[C@@H]4[C@@H]3C[C@@]3(Cl)C(=O)N(C)C(=O)[C@@]23Cl)c1O. The van der Waals surface area contributed by atoms with Crippen molar-refractivity contribution in [3.05, 3.63) is 102 Å². The fourth-order valence-electron chi connectivity index (χ4n) is 8.11. The summed E-state index contributed by atoms with van der Waals surface area (Å²) < 4.78 is 0. The number of carbonyl (C=O) groups excluding carboxylic acids is 4. The van der Waals surface area contributed by atoms with Crippen LogP contribution in [0.25, 0.3) is 0 Å². The monoisotopic (exact) mass is 711 g/mol. The summed E-state index contributed by atoms with van der Waals surface area (Å²) in [6.07, 6.45) is 3.91. The molecule has 3 aromatic carbocycles. The maximum Gasteiger partial charge on any atom is 0.253 e. The van der Waals surface area contributed by atoms with Crippen LogP contribution in [-0.2, 0) is 25.6 Å². The van der Waals surface area contributed by atoms with E-state index in [2.05, 4.69) is 16.8 Å². The number of anilines is 2. The molecule has 4 amide bonds. The molecule has 2 saturated heterocycles. The minimum Gasteiger partial charge on any atom is -0.507 e. The van der Waals surface area contributed by atoms with Crippen molar-refractivity contribution in [3.63, 3.8) is 0 Å². The molecule has 0 bridgehead atoms. The molecule has 10 nitrogen and oxygen atoms in total. The molecule has 3 aromatic rings. The number of phenols is 1. The van der Waals surface area contributed by atoms with Crippen molar-refractivity contribution in [2.75, 3.05) is 30.9 Å². The van der Waals surface area contributed by atoms with Gasteiger partial charge in [-0.15, -0.1) is 29.8 Å². The second-order valence-electron chi connectivity index (χ2n) is 13.5. The highest BCUT2D eigenvalue weighted by Gasteiger charge is 2.76. The first-order valence-electron chi connectivity index (χ1n) is 16.3. The van der Waals surface area contributed by atoms with Crippen molar-refractivity contribution < 1.29 is 24.3 Å². The summed E-state index contributed by atoms with van der Waals surface area (Å²) in [6, 6.07) is 19.4. The van der Waals surface area contributed by atoms with Crippen LogP contribution < -0.4 is 9.80 Å². The highest BCUT2D eigenvalue weighted by molar-refractivity contribution is 6.53. The third kappa shape index (κ3) is 4.83. The van der Waals surface area contributed by atoms with Crippen molar-refractivity contribution >= 4 is 69.6 Å². The number of fused-ring (bicyclic) bond motifs is 4. The Morgan fingerprint density at radius 2 is 1.56 bits per heavy atom. The Morgan fingerprint density at radius 1 is 0.920 bits per heavy atom. The number of carbonyl (C=O) groups is 4. The van der Waals surface area contributed by atoms with Gasteiger partial charge in [-0.05, 0) is 79.3 Å². The van der Waals surface area contributed by atoms with Gasteiger partial charge in [0.05, 0.1) is 28.9 Å². The highest BCUT2D eigenvalue weighted by atomic mass is 35.5. The molecule has 0 spiro atoms. The van der Waals surface area contributed by atoms with Gasteiger partial charge in [0.15, 0.2) is 9.75 Å². The molecule has 4 aliphatic rings. The third-order valence-corrected chi connectivity index (χ3v) is 12.0. The molecule has 3 fully saturated rings. The van der Waals surface area contributed by atoms with Crippen LogP contribution in [0.4, 0.5) is 22.7 Å². The average Bonchev–Trinajstić information content (AvgIpc) is 3.43. The summed E-state index contributed by atoms with van der Waals surface area (Å²) in [6.45, 7) is 3.77. The van der Waals surface area contributed by atoms with E-state index in [0.29, 0.717) is 40.2 Å². The van der Waals surface area contributed by atoms with E-state index in [1.807, 2.05) is 49.3 Å². The molecule has 12 heteroatoms. The van der Waals surface area contributed by atoms with Crippen molar-refractivity contribution in [1.82, 2.24) is 4.90 Å². The number of imide groups is 2. The zero-order chi connectivity index (χ0) is 35.7. The number of aromatic hydroxyl groups is 1. The van der Waals surface area contributed by atoms with Crippen LogP contribution in [0.5, 0.6) is 5.75 Å². The zero-order valence-corrected chi connectivity index (χ0v) is 29.2. The van der Waals surface area contributed by atoms with Gasteiger partial charge in [-0.2, -0.15) is 10.2 Å². The van der Waals surface area contributed by atoms with E-state index < -0.39 is 51.1 Å². The van der Waals surface area contributed by atoms with Gasteiger partial charge in [0.1, 0.15) is 5.75 Å². The molecule has 0 radical (unpaired) electrons. The van der Waals surface area contributed by atoms with E-state index >= 15 is 0 Å². The Balaban J connectivity index is 1.23. The van der Waals surface area contributed by atoms with Crippen molar-refractivity contribution in [2.45, 2.75) is 34.9 Å². The molecule has 1 N–H and O–H groups in total. The number of nitrogens with zero attached hydrogens (tertiary/aromatic N) is 5. The number of azo groups is 1. The number of para-hydroxylation sites is 1. The maximum absolute atomic E-state index is 14.3. The van der Waals surface area contributed by atoms with Crippen LogP contribution in [0.15, 0.2) is 101 Å². The Bertz CT molecular complexity index is 2010. The van der Waals surface area contributed by atoms with Gasteiger partial charge in [-0.25, -0.2) is 0 Å². The van der Waals surface area contributed by atoms with Crippen LogP contribution in [0, 0.1) is 17.8 Å². The van der Waals surface area contributed by atoms with Crippen LogP contribution in [0.1, 0.15) is 29.9 Å². The molecule has 7 rings (SSSR count). The number of hydrogen-bond acceptors (Lipinski definition) is 8. The van der Waals surface area contributed by atoms with E-state index in [-0.39, 0.29) is 24.5 Å². The highest BCUT2D eigenvalue weighted by Crippen LogP contribution is 2.66. The number of likely N-dealkylation sites (tertiary alicyclic amines) is 1. The van der Waals surface area contributed by atoms with Gasteiger partial charge in [-0.3, -0.25) is 29.0 Å². The second-order valence-corrected chi connectivity index (χ2v) is 14.7. The summed E-state index contributed by atoms with van der Waals surface area (Å²) in [5.41, 5.74) is 4.12. The Morgan fingerprint density at radius 3 is 2.18 bits per heavy atom. The van der Waals surface area contributed by atoms with Crippen LogP contribution in [0.2, 0.25) is 0 Å². The summed E-state index contributed by atoms with van der Waals surface area (Å²) in [5.74, 6) is -5.58. The quantitative estimate of drug-likeness (QED) is 0.125. The number of phenolic OH excluding ortho intramolecular Hbond substituents is 1. The number of alkyl halides is 2. The molecule has 2 aliphatic carbocycles. The smallest absolute Gasteiger partial charge is 0.253 e. The number of hydrogen-bond donors (Lipinski definition) is 1. The lowest BCUT2D eigenvalue weighted by Crippen LogP contribution is -2.60. The molecular formula is C38H35Cl2N5O5. The average molecular weight is 713 g/mol. The van der Waals surface area contributed by atoms with E-state index in [1.54, 1.807) is 48.5 Å². The van der Waals surface area contributed by atoms with Crippen molar-refractivity contribution in [3.8, 4) is 5.75 Å². The summed E-state index contributed by atoms with van der Waals surface area (Å²) in [5, 5.41) is 20.1. The third-order valence-electron chi connectivity index (χ3n) is 10.6. The van der Waals surface area contributed by atoms with E-state index in [4.69, 9.17) is 23.2 Å². The molecular weight excluding hydrogens is 677 g/mol. The molecule has 2 heterocycles. The fourth-order valence-corrected chi connectivity index (χ4v) is 9.12. The predicted octanol–water partition coefficient (Wildman–Crippen LogP) is 6.80. The Hall–Kier alpha value is -4.80. The number of benzene rings is 3. The molecule has 0 aromatic heterocycles. The lowest BCUT2D eigenvalue weighted by Gasteiger charge is -2.50. The second kappa shape index (κ2) is 12.2. The Labute approximate surface area is 299 Å². The van der Waals surface area contributed by atoms with Gasteiger partial charge in [-0.1, -0.05) is 35.9 Å². The maximum atomic E-state index is 14.3. The summed E-state index contributed by atoms with van der Waals surface area (Å²) in [4.78, 5) is 56.1.